The van der Waals surface area contributed by atoms with Crippen LogP contribution in [0, 0.1) is 5.82 Å². The molecule has 5 heteroatoms. The molecule has 0 radical (unpaired) electrons. The average Bonchev–Trinajstić information content (AvgIpc) is 2.70. The van der Waals surface area contributed by atoms with Gasteiger partial charge >= 0.3 is 0 Å². The monoisotopic (exact) mass is 334 g/mol. The standard InChI is InChI=1S/C12H9BrClFOS/c13-9-2-1-8(15)5-7(9)6-11(16)12-10(14)3-4-17-12/h1-5,11,16H,6H2. The number of hydrogen-bond donors (Lipinski definition) is 1. The highest BCUT2D eigenvalue weighted by Crippen LogP contribution is 2.32. The number of halogens is 3. The summed E-state index contributed by atoms with van der Waals surface area (Å²) in [6.07, 6.45) is -0.376. The van der Waals surface area contributed by atoms with E-state index in [-0.39, 0.29) is 5.82 Å². The normalized spacial score (nSPS) is 12.7. The molecule has 1 nitrogen and oxygen atoms in total. The Bertz CT molecular complexity index is 529. The van der Waals surface area contributed by atoms with Crippen molar-refractivity contribution in [1.29, 1.82) is 0 Å². The highest BCUT2D eigenvalue weighted by Gasteiger charge is 2.15. The van der Waals surface area contributed by atoms with Crippen molar-refractivity contribution >= 4 is 38.9 Å². The zero-order valence-corrected chi connectivity index (χ0v) is 11.8. The van der Waals surface area contributed by atoms with Crippen LogP contribution in [0.2, 0.25) is 5.02 Å². The zero-order valence-electron chi connectivity index (χ0n) is 8.66. The summed E-state index contributed by atoms with van der Waals surface area (Å²) in [6, 6.07) is 6.16. The average molecular weight is 336 g/mol. The molecule has 0 aliphatic carbocycles. The molecule has 1 aromatic heterocycles. The Kier molecular flexibility index (Phi) is 4.20. The van der Waals surface area contributed by atoms with E-state index in [2.05, 4.69) is 15.9 Å². The summed E-state index contributed by atoms with van der Waals surface area (Å²) in [5.74, 6) is -0.312. The largest absolute Gasteiger partial charge is 0.387 e. The predicted molar refractivity (Wildman–Crippen MR) is 72.1 cm³/mol. The molecule has 0 amide bonds. The molecule has 17 heavy (non-hydrogen) atoms. The van der Waals surface area contributed by atoms with E-state index in [1.54, 1.807) is 12.1 Å². The van der Waals surface area contributed by atoms with Gasteiger partial charge in [-0.25, -0.2) is 4.39 Å². The van der Waals surface area contributed by atoms with E-state index in [0.29, 0.717) is 16.3 Å². The van der Waals surface area contributed by atoms with Gasteiger partial charge in [-0.1, -0.05) is 27.5 Å². The van der Waals surface area contributed by atoms with Gasteiger partial charge in [-0.2, -0.15) is 0 Å². The van der Waals surface area contributed by atoms with Crippen LogP contribution in [0.5, 0.6) is 0 Å². The van der Waals surface area contributed by atoms with Gasteiger partial charge in [-0.05, 0) is 35.2 Å². The van der Waals surface area contributed by atoms with Gasteiger partial charge in [0, 0.05) is 10.9 Å². The summed E-state index contributed by atoms with van der Waals surface area (Å²) < 4.78 is 13.9. The fraction of sp³-hybridized carbons (Fsp3) is 0.167. The van der Waals surface area contributed by atoms with Crippen LogP contribution in [0.25, 0.3) is 0 Å². The number of aliphatic hydroxyl groups is 1. The molecule has 0 fully saturated rings. The van der Waals surface area contributed by atoms with E-state index in [1.165, 1.54) is 23.5 Å². The van der Waals surface area contributed by atoms with Crippen LogP contribution in [0.3, 0.4) is 0 Å². The Labute approximate surface area is 116 Å². The lowest BCUT2D eigenvalue weighted by Crippen LogP contribution is -2.01. The molecule has 0 spiro atoms. The van der Waals surface area contributed by atoms with Crippen LogP contribution in [0.15, 0.2) is 34.1 Å². The lowest BCUT2D eigenvalue weighted by molar-refractivity contribution is 0.182. The Hall–Kier alpha value is -0.420. The molecule has 2 rings (SSSR count). The molecule has 1 aromatic carbocycles. The van der Waals surface area contributed by atoms with Crippen molar-refractivity contribution in [2.24, 2.45) is 0 Å². The van der Waals surface area contributed by atoms with Crippen LogP contribution in [-0.4, -0.2) is 5.11 Å². The molecule has 1 unspecified atom stereocenters. The fourth-order valence-corrected chi connectivity index (χ4v) is 3.12. The summed E-state index contributed by atoms with van der Waals surface area (Å²) >= 11 is 10.7. The maximum atomic E-state index is 13.1. The first kappa shape index (κ1) is 13.0. The quantitative estimate of drug-likeness (QED) is 0.870. The van der Waals surface area contributed by atoms with Crippen LogP contribution >= 0.6 is 38.9 Å². The van der Waals surface area contributed by atoms with Crippen molar-refractivity contribution < 1.29 is 9.50 Å². The molecule has 1 atom stereocenters. The lowest BCUT2D eigenvalue weighted by Gasteiger charge is -2.11. The predicted octanol–water partition coefficient (Wildman–Crippen LogP) is 4.58. The first-order valence-electron chi connectivity index (χ1n) is 4.93. The minimum atomic E-state index is -0.708. The molecule has 1 heterocycles. The number of rotatable bonds is 3. The SMILES string of the molecule is OC(Cc1cc(F)ccc1Br)c1sccc1Cl. The van der Waals surface area contributed by atoms with Gasteiger partial charge in [0.2, 0.25) is 0 Å². The van der Waals surface area contributed by atoms with Crippen molar-refractivity contribution in [2.75, 3.05) is 0 Å². The third kappa shape index (κ3) is 3.07. The molecule has 1 N–H and O–H groups in total. The molecular formula is C12H9BrClFOS. The van der Waals surface area contributed by atoms with Gasteiger partial charge in [0.15, 0.2) is 0 Å². The highest BCUT2D eigenvalue weighted by atomic mass is 79.9. The molecule has 0 aliphatic heterocycles. The van der Waals surface area contributed by atoms with Gasteiger partial charge in [-0.3, -0.25) is 0 Å². The molecular weight excluding hydrogens is 327 g/mol. The van der Waals surface area contributed by atoms with Crippen molar-refractivity contribution in [2.45, 2.75) is 12.5 Å². The van der Waals surface area contributed by atoms with Gasteiger partial charge in [0.05, 0.1) is 16.0 Å². The molecule has 0 aliphatic rings. The lowest BCUT2D eigenvalue weighted by atomic mass is 10.1. The summed E-state index contributed by atoms with van der Waals surface area (Å²) in [6.45, 7) is 0. The van der Waals surface area contributed by atoms with Crippen molar-refractivity contribution in [3.8, 4) is 0 Å². The minimum Gasteiger partial charge on any atom is -0.387 e. The van der Waals surface area contributed by atoms with E-state index in [0.717, 1.165) is 10.0 Å². The molecule has 90 valence electrons. The minimum absolute atomic E-state index is 0.312. The van der Waals surface area contributed by atoms with Crippen molar-refractivity contribution in [1.82, 2.24) is 0 Å². The van der Waals surface area contributed by atoms with Crippen molar-refractivity contribution in [3.63, 3.8) is 0 Å². The summed E-state index contributed by atoms with van der Waals surface area (Å²) in [4.78, 5) is 0.711. The maximum Gasteiger partial charge on any atom is 0.123 e. The van der Waals surface area contributed by atoms with E-state index >= 15 is 0 Å². The smallest absolute Gasteiger partial charge is 0.123 e. The second kappa shape index (κ2) is 5.48. The van der Waals surface area contributed by atoms with Crippen LogP contribution in [0.4, 0.5) is 4.39 Å². The number of benzene rings is 1. The molecule has 0 bridgehead atoms. The second-order valence-corrected chi connectivity index (χ2v) is 5.80. The number of thiophene rings is 1. The first-order valence-corrected chi connectivity index (χ1v) is 6.98. The highest BCUT2D eigenvalue weighted by molar-refractivity contribution is 9.10. The fourth-order valence-electron chi connectivity index (χ4n) is 1.54. The summed E-state index contributed by atoms with van der Waals surface area (Å²) in [5, 5.41) is 12.4. The summed E-state index contributed by atoms with van der Waals surface area (Å²) in [7, 11) is 0. The van der Waals surface area contributed by atoms with Gasteiger partial charge in [-0.15, -0.1) is 11.3 Å². The molecule has 0 saturated carbocycles. The van der Waals surface area contributed by atoms with Crippen molar-refractivity contribution in [3.05, 3.63) is 55.4 Å². The zero-order chi connectivity index (χ0) is 12.4. The van der Waals surface area contributed by atoms with E-state index in [1.807, 2.05) is 5.38 Å². The number of hydrogen-bond acceptors (Lipinski definition) is 2. The van der Waals surface area contributed by atoms with Gasteiger partial charge in [0.1, 0.15) is 5.82 Å². The Morgan fingerprint density at radius 2 is 2.18 bits per heavy atom. The van der Waals surface area contributed by atoms with Crippen LogP contribution in [0.1, 0.15) is 16.5 Å². The summed E-state index contributed by atoms with van der Waals surface area (Å²) in [5.41, 5.74) is 0.724. The Morgan fingerprint density at radius 3 is 2.82 bits per heavy atom. The van der Waals surface area contributed by atoms with E-state index < -0.39 is 6.10 Å². The first-order chi connectivity index (χ1) is 8.08. The second-order valence-electron chi connectivity index (χ2n) is 3.59. The third-order valence-electron chi connectivity index (χ3n) is 2.37. The topological polar surface area (TPSA) is 20.2 Å². The molecule has 0 saturated heterocycles. The van der Waals surface area contributed by atoms with E-state index in [9.17, 15) is 9.50 Å². The van der Waals surface area contributed by atoms with Crippen LogP contribution in [-0.2, 0) is 6.42 Å². The van der Waals surface area contributed by atoms with Crippen LogP contribution < -0.4 is 0 Å². The van der Waals surface area contributed by atoms with Gasteiger partial charge in [0.25, 0.3) is 0 Å². The maximum absolute atomic E-state index is 13.1. The van der Waals surface area contributed by atoms with E-state index in [4.69, 9.17) is 11.6 Å². The Morgan fingerprint density at radius 1 is 1.41 bits per heavy atom. The molecule has 2 aromatic rings. The van der Waals surface area contributed by atoms with Gasteiger partial charge < -0.3 is 5.11 Å². The third-order valence-corrected chi connectivity index (χ3v) is 4.60. The number of aliphatic hydroxyl groups excluding tert-OH is 1. The Balaban J connectivity index is 2.21.